The van der Waals surface area contributed by atoms with Crippen LogP contribution in [0.25, 0.3) is 0 Å². The lowest BCUT2D eigenvalue weighted by molar-refractivity contribution is -0.271. The molecule has 0 bridgehead atoms. The van der Waals surface area contributed by atoms with Crippen LogP contribution in [-0.2, 0) is 9.47 Å². The van der Waals surface area contributed by atoms with Gasteiger partial charge in [0.1, 0.15) is 18.3 Å². The lowest BCUT2D eigenvalue weighted by Crippen LogP contribution is -2.63. The first-order valence-corrected chi connectivity index (χ1v) is 5.17. The second kappa shape index (κ2) is 6.45. The van der Waals surface area contributed by atoms with E-state index >= 15 is 0 Å². The van der Waals surface area contributed by atoms with Crippen molar-refractivity contribution in [1.82, 2.24) is 5.32 Å². The van der Waals surface area contributed by atoms with Gasteiger partial charge in [-0.1, -0.05) is 0 Å². The molecule has 16 heavy (non-hydrogen) atoms. The molecule has 7 nitrogen and oxygen atoms in total. The highest BCUT2D eigenvalue weighted by Gasteiger charge is 2.43. The Morgan fingerprint density at radius 1 is 1.25 bits per heavy atom. The van der Waals surface area contributed by atoms with Crippen LogP contribution in [-0.4, -0.2) is 77.9 Å². The van der Waals surface area contributed by atoms with Crippen LogP contribution >= 0.6 is 0 Å². The fraction of sp³-hybridized carbons (Fsp3) is 1.00. The summed E-state index contributed by atoms with van der Waals surface area (Å²) in [5.41, 5.74) is 0. The molecular formula is C9H19NO6. The normalized spacial score (nSPS) is 39.9. The summed E-state index contributed by atoms with van der Waals surface area (Å²) >= 11 is 0. The van der Waals surface area contributed by atoms with Crippen molar-refractivity contribution in [3.8, 4) is 0 Å². The Labute approximate surface area is 93.6 Å². The average Bonchev–Trinajstić information content (AvgIpc) is 2.30. The summed E-state index contributed by atoms with van der Waals surface area (Å²) in [4.78, 5) is 0. The second-order valence-electron chi connectivity index (χ2n) is 3.62. The summed E-state index contributed by atoms with van der Waals surface area (Å²) in [7, 11) is 1.60. The van der Waals surface area contributed by atoms with Crippen LogP contribution in [0.4, 0.5) is 0 Å². The fourth-order valence-electron chi connectivity index (χ4n) is 1.70. The number of nitrogens with one attached hydrogen (secondary N) is 1. The SMILES string of the molecule is CN[C@H]1C(OCCO)O[C@H](CO)[C@@H](O)[C@@H]1O. The van der Waals surface area contributed by atoms with Gasteiger partial charge >= 0.3 is 0 Å². The highest BCUT2D eigenvalue weighted by molar-refractivity contribution is 4.92. The molecule has 1 aliphatic rings. The quantitative estimate of drug-likeness (QED) is 0.347. The largest absolute Gasteiger partial charge is 0.394 e. The van der Waals surface area contributed by atoms with E-state index in [1.165, 1.54) is 0 Å². The zero-order valence-corrected chi connectivity index (χ0v) is 9.11. The van der Waals surface area contributed by atoms with Gasteiger partial charge in [0.25, 0.3) is 0 Å². The molecule has 0 amide bonds. The monoisotopic (exact) mass is 237 g/mol. The standard InChI is InChI=1S/C9H19NO6/c1-10-6-8(14)7(13)5(4-12)16-9(6)15-3-2-11/h5-14H,2-4H2,1H3/t5-,6-,7-,8-,9?/m1/s1. The van der Waals surface area contributed by atoms with E-state index in [1.54, 1.807) is 7.05 Å². The summed E-state index contributed by atoms with van der Waals surface area (Å²) in [6.45, 7) is -0.518. The number of hydrogen-bond acceptors (Lipinski definition) is 7. The van der Waals surface area contributed by atoms with Crippen molar-refractivity contribution >= 4 is 0 Å². The zero-order valence-electron chi connectivity index (χ0n) is 9.11. The van der Waals surface area contributed by atoms with Crippen molar-refractivity contribution in [3.63, 3.8) is 0 Å². The Kier molecular flexibility index (Phi) is 5.56. The maximum atomic E-state index is 9.76. The molecule has 1 aliphatic heterocycles. The van der Waals surface area contributed by atoms with Gasteiger partial charge in [-0.05, 0) is 7.05 Å². The van der Waals surface area contributed by atoms with E-state index in [1.807, 2.05) is 0 Å². The van der Waals surface area contributed by atoms with Crippen LogP contribution in [0.3, 0.4) is 0 Å². The van der Waals surface area contributed by atoms with Crippen molar-refractivity contribution in [1.29, 1.82) is 0 Å². The third-order valence-corrected chi connectivity index (χ3v) is 2.59. The molecule has 5 atom stereocenters. The van der Waals surface area contributed by atoms with Gasteiger partial charge in [0, 0.05) is 0 Å². The number of likely N-dealkylation sites (N-methyl/N-ethyl adjacent to an activating group) is 1. The van der Waals surface area contributed by atoms with Gasteiger partial charge in [-0.3, -0.25) is 0 Å². The third-order valence-electron chi connectivity index (χ3n) is 2.59. The van der Waals surface area contributed by atoms with Crippen molar-refractivity contribution in [3.05, 3.63) is 0 Å². The van der Waals surface area contributed by atoms with Crippen LogP contribution in [0.5, 0.6) is 0 Å². The van der Waals surface area contributed by atoms with Gasteiger partial charge in [0.15, 0.2) is 6.29 Å². The first-order chi connectivity index (χ1) is 7.65. The average molecular weight is 237 g/mol. The van der Waals surface area contributed by atoms with Gasteiger partial charge < -0.3 is 35.2 Å². The molecule has 96 valence electrons. The Bertz CT molecular complexity index is 204. The van der Waals surface area contributed by atoms with E-state index in [2.05, 4.69) is 5.32 Å². The van der Waals surface area contributed by atoms with Crippen molar-refractivity contribution < 1.29 is 29.9 Å². The zero-order chi connectivity index (χ0) is 12.1. The number of ether oxygens (including phenoxy) is 2. The number of aliphatic hydroxyl groups is 4. The topological polar surface area (TPSA) is 111 Å². The Balaban J connectivity index is 2.65. The first kappa shape index (κ1) is 13.8. The van der Waals surface area contributed by atoms with Gasteiger partial charge in [0.2, 0.25) is 0 Å². The fourth-order valence-corrected chi connectivity index (χ4v) is 1.70. The molecule has 1 rings (SSSR count). The first-order valence-electron chi connectivity index (χ1n) is 5.17. The van der Waals surface area contributed by atoms with Gasteiger partial charge in [-0.15, -0.1) is 0 Å². The molecule has 0 saturated carbocycles. The van der Waals surface area contributed by atoms with E-state index in [0.29, 0.717) is 0 Å². The molecule has 1 fully saturated rings. The molecule has 0 spiro atoms. The smallest absolute Gasteiger partial charge is 0.176 e. The van der Waals surface area contributed by atoms with Crippen molar-refractivity contribution in [2.24, 2.45) is 0 Å². The maximum absolute atomic E-state index is 9.76. The van der Waals surface area contributed by atoms with Crippen LogP contribution < -0.4 is 5.32 Å². The van der Waals surface area contributed by atoms with E-state index in [0.717, 1.165) is 0 Å². The van der Waals surface area contributed by atoms with Crippen LogP contribution in [0.15, 0.2) is 0 Å². The molecule has 0 aliphatic carbocycles. The minimum absolute atomic E-state index is 0.0593. The minimum Gasteiger partial charge on any atom is -0.394 e. The van der Waals surface area contributed by atoms with E-state index < -0.39 is 37.3 Å². The number of rotatable bonds is 5. The van der Waals surface area contributed by atoms with Gasteiger partial charge in [0.05, 0.1) is 25.9 Å². The Morgan fingerprint density at radius 3 is 2.44 bits per heavy atom. The summed E-state index contributed by atoms with van der Waals surface area (Å²) in [6.07, 6.45) is -3.97. The summed E-state index contributed by atoms with van der Waals surface area (Å²) in [5, 5.41) is 39.7. The highest BCUT2D eigenvalue weighted by atomic mass is 16.7. The van der Waals surface area contributed by atoms with Crippen molar-refractivity contribution in [2.45, 2.75) is 30.6 Å². The Hall–Kier alpha value is -0.280. The van der Waals surface area contributed by atoms with Crippen LogP contribution in [0.1, 0.15) is 0 Å². The Morgan fingerprint density at radius 2 is 1.94 bits per heavy atom. The number of hydrogen-bond donors (Lipinski definition) is 5. The lowest BCUT2D eigenvalue weighted by atomic mass is 9.97. The van der Waals surface area contributed by atoms with E-state index in [9.17, 15) is 10.2 Å². The van der Waals surface area contributed by atoms with Crippen LogP contribution in [0, 0.1) is 0 Å². The van der Waals surface area contributed by atoms with Gasteiger partial charge in [-0.25, -0.2) is 0 Å². The number of aliphatic hydroxyl groups excluding tert-OH is 4. The molecule has 1 heterocycles. The third kappa shape index (κ3) is 2.89. The predicted molar refractivity (Wildman–Crippen MR) is 53.6 cm³/mol. The van der Waals surface area contributed by atoms with Crippen molar-refractivity contribution in [2.75, 3.05) is 26.9 Å². The van der Waals surface area contributed by atoms with Gasteiger partial charge in [-0.2, -0.15) is 0 Å². The molecule has 0 aromatic heterocycles. The molecule has 5 N–H and O–H groups in total. The van der Waals surface area contributed by atoms with E-state index in [-0.39, 0.29) is 13.2 Å². The lowest BCUT2D eigenvalue weighted by Gasteiger charge is -2.41. The second-order valence-corrected chi connectivity index (χ2v) is 3.62. The van der Waals surface area contributed by atoms with Crippen LogP contribution in [0.2, 0.25) is 0 Å². The molecule has 0 aromatic rings. The highest BCUT2D eigenvalue weighted by Crippen LogP contribution is 2.21. The summed E-state index contributed by atoms with van der Waals surface area (Å²) in [5.74, 6) is 0. The molecule has 0 aromatic carbocycles. The summed E-state index contributed by atoms with van der Waals surface area (Å²) < 4.78 is 10.4. The molecule has 1 unspecified atom stereocenters. The summed E-state index contributed by atoms with van der Waals surface area (Å²) in [6, 6.07) is -0.607. The van der Waals surface area contributed by atoms with E-state index in [4.69, 9.17) is 19.7 Å². The maximum Gasteiger partial charge on any atom is 0.176 e. The minimum atomic E-state index is -1.17. The molecular weight excluding hydrogens is 218 g/mol. The molecule has 1 saturated heterocycles. The molecule has 7 heteroatoms. The predicted octanol–water partition coefficient (Wildman–Crippen LogP) is -2.98. The molecule has 0 radical (unpaired) electrons.